The molecule has 3 heteroatoms. The highest BCUT2D eigenvalue weighted by molar-refractivity contribution is 6.21. The summed E-state index contributed by atoms with van der Waals surface area (Å²) in [6.45, 7) is 6.17. The van der Waals surface area contributed by atoms with Crippen LogP contribution in [-0.2, 0) is 9.59 Å². The molecule has 27 heavy (non-hydrogen) atoms. The minimum Gasteiger partial charge on any atom is -0.274 e. The molecule has 0 spiro atoms. The molecule has 1 heterocycles. The molecule has 2 atom stereocenters. The molecule has 0 radical (unpaired) electrons. The van der Waals surface area contributed by atoms with E-state index in [-0.39, 0.29) is 23.7 Å². The molecule has 1 aromatic rings. The molecule has 1 aromatic carbocycles. The lowest BCUT2D eigenvalue weighted by molar-refractivity contribution is -0.122. The van der Waals surface area contributed by atoms with Gasteiger partial charge < -0.3 is 0 Å². The van der Waals surface area contributed by atoms with Gasteiger partial charge in [0, 0.05) is 5.92 Å². The van der Waals surface area contributed by atoms with Crippen LogP contribution in [0.2, 0.25) is 0 Å². The van der Waals surface area contributed by atoms with Crippen molar-refractivity contribution in [1.82, 2.24) is 0 Å². The zero-order valence-corrected chi connectivity index (χ0v) is 17.5. The van der Waals surface area contributed by atoms with E-state index in [1.54, 1.807) is 0 Å². The molecule has 0 aromatic heterocycles. The maximum Gasteiger partial charge on any atom is 0.237 e. The molecule has 0 saturated carbocycles. The Balaban J connectivity index is 1.70. The van der Waals surface area contributed by atoms with Crippen LogP contribution in [-0.4, -0.2) is 11.8 Å². The van der Waals surface area contributed by atoms with Crippen molar-refractivity contribution in [3.05, 3.63) is 29.8 Å². The lowest BCUT2D eigenvalue weighted by atomic mass is 9.91. The van der Waals surface area contributed by atoms with Crippen LogP contribution in [0, 0.1) is 18.8 Å². The van der Waals surface area contributed by atoms with Gasteiger partial charge in [-0.2, -0.15) is 0 Å². The molecule has 1 saturated heterocycles. The van der Waals surface area contributed by atoms with Crippen molar-refractivity contribution in [1.29, 1.82) is 0 Å². The van der Waals surface area contributed by atoms with Gasteiger partial charge in [-0.15, -0.1) is 0 Å². The normalized spacial score (nSPS) is 19.9. The predicted molar refractivity (Wildman–Crippen MR) is 113 cm³/mol. The second kappa shape index (κ2) is 11.3. The van der Waals surface area contributed by atoms with Crippen molar-refractivity contribution in [3.63, 3.8) is 0 Å². The van der Waals surface area contributed by atoms with E-state index in [2.05, 4.69) is 6.92 Å². The van der Waals surface area contributed by atoms with E-state index in [4.69, 9.17) is 0 Å². The second-order valence-electron chi connectivity index (χ2n) is 8.21. The van der Waals surface area contributed by atoms with Crippen LogP contribution in [0.15, 0.2) is 24.3 Å². The summed E-state index contributed by atoms with van der Waals surface area (Å²) in [4.78, 5) is 26.8. The van der Waals surface area contributed by atoms with Crippen LogP contribution in [0.25, 0.3) is 0 Å². The van der Waals surface area contributed by atoms with Crippen LogP contribution in [0.3, 0.4) is 0 Å². The summed E-state index contributed by atoms with van der Waals surface area (Å²) in [5.41, 5.74) is 1.85. The maximum atomic E-state index is 12.8. The van der Waals surface area contributed by atoms with Gasteiger partial charge in [0.15, 0.2) is 0 Å². The summed E-state index contributed by atoms with van der Waals surface area (Å²) >= 11 is 0. The van der Waals surface area contributed by atoms with Crippen LogP contribution >= 0.6 is 0 Å². The van der Waals surface area contributed by atoms with E-state index in [1.165, 1.54) is 62.7 Å². The number of carbonyl (C=O) groups is 2. The van der Waals surface area contributed by atoms with Crippen LogP contribution in [0.1, 0.15) is 90.0 Å². The third-order valence-electron chi connectivity index (χ3n) is 5.91. The molecule has 1 aliphatic rings. The zero-order chi connectivity index (χ0) is 19.6. The van der Waals surface area contributed by atoms with Gasteiger partial charge in [-0.25, -0.2) is 0 Å². The fourth-order valence-electron chi connectivity index (χ4n) is 4.04. The smallest absolute Gasteiger partial charge is 0.237 e. The van der Waals surface area contributed by atoms with Gasteiger partial charge in [0.05, 0.1) is 11.6 Å². The first-order valence-corrected chi connectivity index (χ1v) is 11.0. The number of anilines is 1. The standard InChI is InChI=1S/C24H37NO2/c1-4-5-6-7-8-9-10-11-12-13-14-22-20(3)23(26)25(24(22)27)21-17-15-19(2)16-18-21/h15-18,20,22H,4-14H2,1-3H3/t20-,22+/m0/s1. The van der Waals surface area contributed by atoms with Gasteiger partial charge >= 0.3 is 0 Å². The van der Waals surface area contributed by atoms with Crippen molar-refractivity contribution in [2.24, 2.45) is 11.8 Å². The third-order valence-corrected chi connectivity index (χ3v) is 5.91. The van der Waals surface area contributed by atoms with Crippen molar-refractivity contribution >= 4 is 17.5 Å². The first kappa shape index (κ1) is 21.7. The SMILES string of the molecule is CCCCCCCCCCCC[C@H]1C(=O)N(c2ccc(C)cc2)C(=O)[C@H]1C. The minimum atomic E-state index is -0.197. The molecule has 1 aliphatic heterocycles. The quantitative estimate of drug-likeness (QED) is 0.313. The van der Waals surface area contributed by atoms with Crippen LogP contribution in [0.4, 0.5) is 5.69 Å². The Labute approximate surface area is 165 Å². The fraction of sp³-hybridized carbons (Fsp3) is 0.667. The van der Waals surface area contributed by atoms with Gasteiger partial charge in [-0.05, 0) is 25.5 Å². The number of aryl methyl sites for hydroxylation is 1. The molecule has 150 valence electrons. The minimum absolute atomic E-state index is 0.00715. The molecule has 2 amide bonds. The van der Waals surface area contributed by atoms with Crippen molar-refractivity contribution in [2.75, 3.05) is 4.90 Å². The molecule has 2 rings (SSSR count). The van der Waals surface area contributed by atoms with Crippen LogP contribution < -0.4 is 4.90 Å². The third kappa shape index (κ3) is 6.19. The predicted octanol–water partition coefficient (Wildman–Crippen LogP) is 6.43. The number of imide groups is 1. The average Bonchev–Trinajstić information content (AvgIpc) is 2.87. The van der Waals surface area contributed by atoms with E-state index in [0.29, 0.717) is 5.69 Å². The molecular formula is C24H37NO2. The number of unbranched alkanes of at least 4 members (excludes halogenated alkanes) is 9. The number of hydrogen-bond acceptors (Lipinski definition) is 2. The van der Waals surface area contributed by atoms with Gasteiger partial charge in [0.2, 0.25) is 11.8 Å². The van der Waals surface area contributed by atoms with Gasteiger partial charge in [-0.3, -0.25) is 14.5 Å². The highest BCUT2D eigenvalue weighted by Gasteiger charge is 2.45. The molecule has 0 bridgehead atoms. The average molecular weight is 372 g/mol. The number of amides is 2. The molecule has 0 N–H and O–H groups in total. The van der Waals surface area contributed by atoms with Crippen molar-refractivity contribution in [2.45, 2.75) is 91.4 Å². The Morgan fingerprint density at radius 2 is 1.30 bits per heavy atom. The molecule has 1 fully saturated rings. The zero-order valence-electron chi connectivity index (χ0n) is 17.5. The van der Waals surface area contributed by atoms with E-state index >= 15 is 0 Å². The molecular weight excluding hydrogens is 334 g/mol. The van der Waals surface area contributed by atoms with Gasteiger partial charge in [0.25, 0.3) is 0 Å². The van der Waals surface area contributed by atoms with Gasteiger partial charge in [-0.1, -0.05) is 95.8 Å². The highest BCUT2D eigenvalue weighted by Crippen LogP contribution is 2.34. The van der Waals surface area contributed by atoms with E-state index in [0.717, 1.165) is 18.4 Å². The lowest BCUT2D eigenvalue weighted by Crippen LogP contribution is -2.30. The Morgan fingerprint density at radius 3 is 1.85 bits per heavy atom. The van der Waals surface area contributed by atoms with E-state index in [9.17, 15) is 9.59 Å². The fourth-order valence-corrected chi connectivity index (χ4v) is 4.04. The second-order valence-corrected chi connectivity index (χ2v) is 8.21. The largest absolute Gasteiger partial charge is 0.274 e. The Morgan fingerprint density at radius 1 is 0.778 bits per heavy atom. The number of rotatable bonds is 12. The summed E-state index contributed by atoms with van der Waals surface area (Å²) < 4.78 is 0. The van der Waals surface area contributed by atoms with Crippen molar-refractivity contribution < 1.29 is 9.59 Å². The molecule has 3 nitrogen and oxygen atoms in total. The first-order chi connectivity index (χ1) is 13.1. The Hall–Kier alpha value is -1.64. The summed E-state index contributed by atoms with van der Waals surface area (Å²) in [6, 6.07) is 7.66. The highest BCUT2D eigenvalue weighted by atomic mass is 16.2. The Bertz CT molecular complexity index is 593. The number of nitrogens with zero attached hydrogens (tertiary/aromatic N) is 1. The maximum absolute atomic E-state index is 12.8. The summed E-state index contributed by atoms with van der Waals surface area (Å²) in [7, 11) is 0. The van der Waals surface area contributed by atoms with Gasteiger partial charge in [0.1, 0.15) is 0 Å². The van der Waals surface area contributed by atoms with E-state index in [1.807, 2.05) is 38.1 Å². The Kier molecular flexibility index (Phi) is 9.03. The summed E-state index contributed by atoms with van der Waals surface area (Å²) in [6.07, 6.45) is 13.7. The summed E-state index contributed by atoms with van der Waals surface area (Å²) in [5.74, 6) is -0.390. The summed E-state index contributed by atoms with van der Waals surface area (Å²) in [5, 5.41) is 0. The molecule has 0 unspecified atom stereocenters. The van der Waals surface area contributed by atoms with E-state index < -0.39 is 0 Å². The number of hydrogen-bond donors (Lipinski definition) is 0. The number of benzene rings is 1. The first-order valence-electron chi connectivity index (χ1n) is 11.0. The van der Waals surface area contributed by atoms with Crippen LogP contribution in [0.5, 0.6) is 0 Å². The molecule has 0 aliphatic carbocycles. The monoisotopic (exact) mass is 371 g/mol. The topological polar surface area (TPSA) is 37.4 Å². The lowest BCUT2D eigenvalue weighted by Gasteiger charge is -2.15. The number of carbonyl (C=O) groups excluding carboxylic acids is 2. The van der Waals surface area contributed by atoms with Crippen molar-refractivity contribution in [3.8, 4) is 0 Å².